The molecular formula is C14H15N3. The fraction of sp³-hybridized carbons (Fsp3) is 0.214. The van der Waals surface area contributed by atoms with Crippen molar-refractivity contribution in [2.45, 2.75) is 19.9 Å². The Morgan fingerprint density at radius 1 is 1.24 bits per heavy atom. The lowest BCUT2D eigenvalue weighted by molar-refractivity contribution is 0.629. The van der Waals surface area contributed by atoms with E-state index in [0.29, 0.717) is 0 Å². The number of aromatic amines is 1. The van der Waals surface area contributed by atoms with Crippen molar-refractivity contribution in [2.24, 2.45) is 0 Å². The van der Waals surface area contributed by atoms with Gasteiger partial charge in [0.15, 0.2) is 0 Å². The molecule has 0 atom stereocenters. The van der Waals surface area contributed by atoms with Crippen molar-refractivity contribution in [3.05, 3.63) is 53.9 Å². The van der Waals surface area contributed by atoms with E-state index in [2.05, 4.69) is 47.3 Å². The van der Waals surface area contributed by atoms with Crippen LogP contribution in [0.25, 0.3) is 11.0 Å². The molecule has 0 bridgehead atoms. The molecule has 0 saturated heterocycles. The number of nitrogens with one attached hydrogen (secondary N) is 1. The highest BCUT2D eigenvalue weighted by Crippen LogP contribution is 2.14. The fourth-order valence-corrected chi connectivity index (χ4v) is 2.15. The van der Waals surface area contributed by atoms with Crippen LogP contribution in [-0.2, 0) is 13.0 Å². The minimum Gasteiger partial charge on any atom is -0.344 e. The number of aryl methyl sites for hydroxylation is 3. The van der Waals surface area contributed by atoms with Crippen molar-refractivity contribution in [2.75, 3.05) is 0 Å². The van der Waals surface area contributed by atoms with Crippen molar-refractivity contribution in [1.82, 2.24) is 14.8 Å². The summed E-state index contributed by atoms with van der Waals surface area (Å²) < 4.78 is 2.04. The Morgan fingerprint density at radius 2 is 2.06 bits per heavy atom. The molecule has 2 aromatic heterocycles. The first-order valence-electron chi connectivity index (χ1n) is 5.88. The summed E-state index contributed by atoms with van der Waals surface area (Å²) in [7, 11) is 0. The molecule has 3 rings (SSSR count). The van der Waals surface area contributed by atoms with Crippen LogP contribution in [0.4, 0.5) is 0 Å². The number of aromatic nitrogens is 3. The lowest BCUT2D eigenvalue weighted by Crippen LogP contribution is -2.03. The fourth-order valence-electron chi connectivity index (χ4n) is 2.15. The topological polar surface area (TPSA) is 33.6 Å². The molecule has 0 aliphatic heterocycles. The predicted octanol–water partition coefficient (Wildman–Crippen LogP) is 2.92. The van der Waals surface area contributed by atoms with Crippen LogP contribution in [0.1, 0.15) is 11.3 Å². The van der Waals surface area contributed by atoms with E-state index in [1.165, 1.54) is 16.6 Å². The van der Waals surface area contributed by atoms with Gasteiger partial charge in [-0.1, -0.05) is 30.3 Å². The summed E-state index contributed by atoms with van der Waals surface area (Å²) in [6, 6.07) is 12.6. The van der Waals surface area contributed by atoms with E-state index in [4.69, 9.17) is 0 Å². The number of nitrogens with zero attached hydrogens (tertiary/aromatic N) is 2. The minimum atomic E-state index is 0.910. The molecule has 0 aliphatic rings. The number of hydrogen-bond acceptors (Lipinski definition) is 1. The van der Waals surface area contributed by atoms with Crippen molar-refractivity contribution in [3.63, 3.8) is 0 Å². The molecule has 0 amide bonds. The van der Waals surface area contributed by atoms with Crippen LogP contribution >= 0.6 is 0 Å². The third-order valence-corrected chi connectivity index (χ3v) is 3.01. The Hall–Kier alpha value is -2.03. The summed E-state index contributed by atoms with van der Waals surface area (Å²) in [6.07, 6.45) is 2.93. The maximum absolute atomic E-state index is 4.40. The summed E-state index contributed by atoms with van der Waals surface area (Å²) in [4.78, 5) is 3.34. The van der Waals surface area contributed by atoms with Crippen LogP contribution in [0.2, 0.25) is 0 Å². The molecule has 3 nitrogen and oxygen atoms in total. The molecule has 0 radical (unpaired) electrons. The van der Waals surface area contributed by atoms with Crippen LogP contribution < -0.4 is 0 Å². The van der Waals surface area contributed by atoms with Crippen molar-refractivity contribution < 1.29 is 0 Å². The number of fused-ring (bicyclic) bond motifs is 1. The van der Waals surface area contributed by atoms with Crippen LogP contribution in [0.5, 0.6) is 0 Å². The molecule has 0 spiro atoms. The van der Waals surface area contributed by atoms with Crippen LogP contribution in [-0.4, -0.2) is 14.8 Å². The van der Waals surface area contributed by atoms with Gasteiger partial charge in [-0.3, -0.25) is 0 Å². The molecule has 17 heavy (non-hydrogen) atoms. The van der Waals surface area contributed by atoms with Crippen LogP contribution in [0.15, 0.2) is 42.6 Å². The van der Waals surface area contributed by atoms with E-state index in [1.54, 1.807) is 0 Å². The van der Waals surface area contributed by atoms with Gasteiger partial charge in [0.25, 0.3) is 0 Å². The minimum absolute atomic E-state index is 0.910. The molecular weight excluding hydrogens is 210 g/mol. The van der Waals surface area contributed by atoms with E-state index in [0.717, 1.165) is 18.6 Å². The Bertz CT molecular complexity index is 619. The molecule has 0 unspecified atom stereocenters. The van der Waals surface area contributed by atoms with Gasteiger partial charge in [0.2, 0.25) is 0 Å². The quantitative estimate of drug-likeness (QED) is 0.730. The Kier molecular flexibility index (Phi) is 2.44. The van der Waals surface area contributed by atoms with Gasteiger partial charge in [-0.25, -0.2) is 4.68 Å². The third-order valence-electron chi connectivity index (χ3n) is 3.01. The van der Waals surface area contributed by atoms with E-state index >= 15 is 0 Å². The molecule has 3 aromatic rings. The molecule has 0 fully saturated rings. The van der Waals surface area contributed by atoms with E-state index in [1.807, 2.05) is 16.9 Å². The van der Waals surface area contributed by atoms with Gasteiger partial charge >= 0.3 is 0 Å². The molecule has 3 heteroatoms. The standard InChI is InChI=1S/C14H15N3/c1-11-9-13-10-15-17(14(13)16-11)8-7-12-5-3-2-4-6-12/h2-6,9-10,16H,7-8H2,1H3. The van der Waals surface area contributed by atoms with Crippen molar-refractivity contribution in [1.29, 1.82) is 0 Å². The summed E-state index contributed by atoms with van der Waals surface area (Å²) in [6.45, 7) is 2.98. The summed E-state index contributed by atoms with van der Waals surface area (Å²) >= 11 is 0. The second kappa shape index (κ2) is 4.09. The zero-order valence-electron chi connectivity index (χ0n) is 9.85. The maximum Gasteiger partial charge on any atom is 0.135 e. The van der Waals surface area contributed by atoms with E-state index in [-0.39, 0.29) is 0 Å². The zero-order chi connectivity index (χ0) is 11.7. The number of hydrogen-bond donors (Lipinski definition) is 1. The first-order valence-corrected chi connectivity index (χ1v) is 5.88. The lowest BCUT2D eigenvalue weighted by Gasteiger charge is -2.02. The first kappa shape index (κ1) is 10.1. The van der Waals surface area contributed by atoms with Gasteiger partial charge < -0.3 is 4.98 Å². The normalized spacial score (nSPS) is 11.1. The number of H-pyrrole nitrogens is 1. The maximum atomic E-state index is 4.40. The molecule has 86 valence electrons. The van der Waals surface area contributed by atoms with Crippen molar-refractivity contribution in [3.8, 4) is 0 Å². The SMILES string of the molecule is Cc1cc2cnn(CCc3ccccc3)c2[nH]1. The zero-order valence-corrected chi connectivity index (χ0v) is 9.85. The van der Waals surface area contributed by atoms with Gasteiger partial charge in [-0.05, 0) is 25.0 Å². The van der Waals surface area contributed by atoms with E-state index in [9.17, 15) is 0 Å². The monoisotopic (exact) mass is 225 g/mol. The van der Waals surface area contributed by atoms with Gasteiger partial charge in [0, 0.05) is 17.6 Å². The second-order valence-corrected chi connectivity index (χ2v) is 4.36. The highest BCUT2D eigenvalue weighted by atomic mass is 15.3. The highest BCUT2D eigenvalue weighted by Gasteiger charge is 2.04. The smallest absolute Gasteiger partial charge is 0.135 e. The highest BCUT2D eigenvalue weighted by molar-refractivity contribution is 5.76. The summed E-state index contributed by atoms with van der Waals surface area (Å²) in [5.41, 5.74) is 3.66. The van der Waals surface area contributed by atoms with E-state index < -0.39 is 0 Å². The Morgan fingerprint density at radius 3 is 2.88 bits per heavy atom. The average molecular weight is 225 g/mol. The van der Waals surface area contributed by atoms with Crippen molar-refractivity contribution >= 4 is 11.0 Å². The molecule has 1 N–H and O–H groups in total. The molecule has 1 aromatic carbocycles. The van der Waals surface area contributed by atoms with Gasteiger partial charge in [-0.2, -0.15) is 5.10 Å². The summed E-state index contributed by atoms with van der Waals surface area (Å²) in [5.74, 6) is 0. The Balaban J connectivity index is 1.81. The number of benzene rings is 1. The van der Waals surface area contributed by atoms with Gasteiger partial charge in [0.05, 0.1) is 6.20 Å². The third kappa shape index (κ3) is 1.96. The molecule has 2 heterocycles. The second-order valence-electron chi connectivity index (χ2n) is 4.36. The summed E-state index contributed by atoms with van der Waals surface area (Å²) in [5, 5.41) is 5.59. The van der Waals surface area contributed by atoms with Crippen LogP contribution in [0, 0.1) is 6.92 Å². The number of rotatable bonds is 3. The van der Waals surface area contributed by atoms with Gasteiger partial charge in [0.1, 0.15) is 5.65 Å². The predicted molar refractivity (Wildman–Crippen MR) is 69.0 cm³/mol. The first-order chi connectivity index (χ1) is 8.33. The van der Waals surface area contributed by atoms with Crippen LogP contribution in [0.3, 0.4) is 0 Å². The lowest BCUT2D eigenvalue weighted by atomic mass is 10.1. The average Bonchev–Trinajstić information content (AvgIpc) is 2.87. The molecule has 0 aliphatic carbocycles. The van der Waals surface area contributed by atoms with Gasteiger partial charge in [-0.15, -0.1) is 0 Å². The Labute approximate surface area is 100 Å². The molecule has 0 saturated carbocycles. The largest absolute Gasteiger partial charge is 0.344 e.